The fraction of sp³-hybridized carbons (Fsp3) is 0.583. The third-order valence-corrected chi connectivity index (χ3v) is 3.36. The molecule has 1 fully saturated rings. The van der Waals surface area contributed by atoms with Crippen molar-refractivity contribution in [2.45, 2.75) is 25.8 Å². The summed E-state index contributed by atoms with van der Waals surface area (Å²) in [5.74, 6) is 0.00699. The number of hydrogen-bond acceptors (Lipinski definition) is 4. The van der Waals surface area contributed by atoms with Gasteiger partial charge in [0.1, 0.15) is 0 Å². The Kier molecular flexibility index (Phi) is 3.38. The van der Waals surface area contributed by atoms with E-state index in [-0.39, 0.29) is 11.4 Å². The summed E-state index contributed by atoms with van der Waals surface area (Å²) in [4.78, 5) is 14.3. The van der Waals surface area contributed by atoms with Gasteiger partial charge in [0.05, 0.1) is 36.7 Å². The Bertz CT molecular complexity index is 396. The van der Waals surface area contributed by atoms with E-state index in [1.54, 1.807) is 6.07 Å². The van der Waals surface area contributed by atoms with Crippen molar-refractivity contribution < 1.29 is 9.53 Å². The van der Waals surface area contributed by atoms with Gasteiger partial charge in [-0.3, -0.25) is 4.79 Å². The number of hydrogen-bond donors (Lipinski definition) is 0. The van der Waals surface area contributed by atoms with Gasteiger partial charge in [0.15, 0.2) is 0 Å². The summed E-state index contributed by atoms with van der Waals surface area (Å²) in [5, 5.41) is 7.43. The first-order chi connectivity index (χ1) is 8.17. The van der Waals surface area contributed by atoms with Crippen LogP contribution in [-0.2, 0) is 4.74 Å². The van der Waals surface area contributed by atoms with Gasteiger partial charge >= 0.3 is 0 Å². The molecule has 0 bridgehead atoms. The van der Waals surface area contributed by atoms with E-state index < -0.39 is 0 Å². The molecule has 1 aliphatic rings. The van der Waals surface area contributed by atoms with Crippen LogP contribution in [-0.4, -0.2) is 46.3 Å². The van der Waals surface area contributed by atoms with Gasteiger partial charge in [-0.2, -0.15) is 10.2 Å². The van der Waals surface area contributed by atoms with Gasteiger partial charge in [0.25, 0.3) is 5.91 Å². The monoisotopic (exact) mass is 235 g/mol. The van der Waals surface area contributed by atoms with Crippen LogP contribution in [0.4, 0.5) is 0 Å². The van der Waals surface area contributed by atoms with E-state index in [1.807, 2.05) is 4.90 Å². The summed E-state index contributed by atoms with van der Waals surface area (Å²) < 4.78 is 5.47. The quantitative estimate of drug-likeness (QED) is 0.770. The third kappa shape index (κ3) is 2.29. The molecular formula is C12H17N3O2. The van der Waals surface area contributed by atoms with Crippen molar-refractivity contribution in [3.05, 3.63) is 24.0 Å². The molecule has 0 aliphatic carbocycles. The van der Waals surface area contributed by atoms with Crippen LogP contribution in [0.2, 0.25) is 0 Å². The Hall–Kier alpha value is -1.49. The van der Waals surface area contributed by atoms with Crippen LogP contribution < -0.4 is 0 Å². The maximum atomic E-state index is 12.4. The molecule has 1 aliphatic heterocycles. The Labute approximate surface area is 101 Å². The Morgan fingerprint density at radius 1 is 1.59 bits per heavy atom. The Morgan fingerprint density at radius 3 is 3.06 bits per heavy atom. The summed E-state index contributed by atoms with van der Waals surface area (Å²) in [7, 11) is 0. The maximum Gasteiger partial charge on any atom is 0.256 e. The molecule has 0 aromatic carbocycles. The molecule has 1 unspecified atom stereocenters. The van der Waals surface area contributed by atoms with E-state index in [0.717, 1.165) is 6.42 Å². The van der Waals surface area contributed by atoms with E-state index in [2.05, 4.69) is 24.0 Å². The predicted octanol–water partition coefficient (Wildman–Crippen LogP) is 1.12. The molecular weight excluding hydrogens is 218 g/mol. The molecule has 1 saturated heterocycles. The van der Waals surface area contributed by atoms with Gasteiger partial charge in [-0.25, -0.2) is 0 Å². The zero-order chi connectivity index (χ0) is 12.3. The van der Waals surface area contributed by atoms with Crippen molar-refractivity contribution in [2.24, 2.45) is 0 Å². The fourth-order valence-electron chi connectivity index (χ4n) is 2.01. The number of ether oxygens (including phenoxy) is 1. The van der Waals surface area contributed by atoms with Crippen LogP contribution in [0.5, 0.6) is 0 Å². The molecule has 1 atom stereocenters. The molecule has 17 heavy (non-hydrogen) atoms. The SMILES string of the molecule is CCC1(C)COCCN1C(=O)c1ccnnc1. The second-order valence-electron chi connectivity index (χ2n) is 4.49. The second kappa shape index (κ2) is 4.79. The Morgan fingerprint density at radius 2 is 2.41 bits per heavy atom. The van der Waals surface area contributed by atoms with E-state index in [1.165, 1.54) is 12.4 Å². The minimum absolute atomic E-state index is 0.00699. The topological polar surface area (TPSA) is 55.3 Å². The zero-order valence-electron chi connectivity index (χ0n) is 10.2. The van der Waals surface area contributed by atoms with Gasteiger partial charge in [-0.05, 0) is 19.4 Å². The lowest BCUT2D eigenvalue weighted by atomic mass is 9.95. The molecule has 1 amide bonds. The molecule has 1 aromatic rings. The normalized spacial score (nSPS) is 24.7. The number of amides is 1. The zero-order valence-corrected chi connectivity index (χ0v) is 10.2. The molecule has 2 rings (SSSR count). The average molecular weight is 235 g/mol. The summed E-state index contributed by atoms with van der Waals surface area (Å²) in [5.41, 5.74) is 0.361. The number of carbonyl (C=O) groups excluding carboxylic acids is 1. The smallest absolute Gasteiger partial charge is 0.256 e. The van der Waals surface area contributed by atoms with Gasteiger partial charge in [-0.1, -0.05) is 6.92 Å². The number of rotatable bonds is 2. The Balaban J connectivity index is 2.23. The van der Waals surface area contributed by atoms with Crippen molar-refractivity contribution in [3.63, 3.8) is 0 Å². The van der Waals surface area contributed by atoms with Gasteiger partial charge in [0.2, 0.25) is 0 Å². The first-order valence-electron chi connectivity index (χ1n) is 5.84. The summed E-state index contributed by atoms with van der Waals surface area (Å²) >= 11 is 0. The van der Waals surface area contributed by atoms with Crippen LogP contribution >= 0.6 is 0 Å². The van der Waals surface area contributed by atoms with Gasteiger partial charge in [-0.15, -0.1) is 0 Å². The second-order valence-corrected chi connectivity index (χ2v) is 4.49. The van der Waals surface area contributed by atoms with E-state index in [0.29, 0.717) is 25.3 Å². The van der Waals surface area contributed by atoms with Gasteiger partial charge in [0, 0.05) is 6.54 Å². The number of nitrogens with zero attached hydrogens (tertiary/aromatic N) is 3. The molecule has 0 N–H and O–H groups in total. The lowest BCUT2D eigenvalue weighted by Gasteiger charge is -2.44. The molecule has 92 valence electrons. The number of aromatic nitrogens is 2. The van der Waals surface area contributed by atoms with Crippen LogP contribution in [0.15, 0.2) is 18.5 Å². The van der Waals surface area contributed by atoms with E-state index >= 15 is 0 Å². The molecule has 0 saturated carbocycles. The number of carbonyl (C=O) groups is 1. The third-order valence-electron chi connectivity index (χ3n) is 3.36. The highest BCUT2D eigenvalue weighted by Gasteiger charge is 2.37. The highest BCUT2D eigenvalue weighted by molar-refractivity contribution is 5.94. The molecule has 1 aromatic heterocycles. The summed E-state index contributed by atoms with van der Waals surface area (Å²) in [6.45, 7) is 5.94. The van der Waals surface area contributed by atoms with Crippen molar-refractivity contribution >= 4 is 5.91 Å². The van der Waals surface area contributed by atoms with Crippen LogP contribution in [0.25, 0.3) is 0 Å². The average Bonchev–Trinajstić information content (AvgIpc) is 2.39. The fourth-order valence-corrected chi connectivity index (χ4v) is 2.01. The van der Waals surface area contributed by atoms with E-state index in [9.17, 15) is 4.79 Å². The van der Waals surface area contributed by atoms with Crippen LogP contribution in [0.1, 0.15) is 30.6 Å². The molecule has 0 radical (unpaired) electrons. The molecule has 2 heterocycles. The summed E-state index contributed by atoms with van der Waals surface area (Å²) in [6.07, 6.45) is 3.92. The largest absolute Gasteiger partial charge is 0.377 e. The lowest BCUT2D eigenvalue weighted by Crippen LogP contribution is -2.57. The van der Waals surface area contributed by atoms with Crippen LogP contribution in [0.3, 0.4) is 0 Å². The number of morpholine rings is 1. The molecule has 0 spiro atoms. The highest BCUT2D eigenvalue weighted by atomic mass is 16.5. The first kappa shape index (κ1) is 12.0. The van der Waals surface area contributed by atoms with Crippen molar-refractivity contribution in [1.82, 2.24) is 15.1 Å². The van der Waals surface area contributed by atoms with Crippen molar-refractivity contribution in [1.29, 1.82) is 0 Å². The van der Waals surface area contributed by atoms with Gasteiger partial charge < -0.3 is 9.64 Å². The van der Waals surface area contributed by atoms with Crippen molar-refractivity contribution in [2.75, 3.05) is 19.8 Å². The minimum atomic E-state index is -0.224. The first-order valence-corrected chi connectivity index (χ1v) is 5.84. The molecule has 5 nitrogen and oxygen atoms in total. The summed E-state index contributed by atoms with van der Waals surface area (Å²) in [6, 6.07) is 1.70. The minimum Gasteiger partial charge on any atom is -0.377 e. The molecule has 5 heteroatoms. The van der Waals surface area contributed by atoms with Crippen molar-refractivity contribution in [3.8, 4) is 0 Å². The lowest BCUT2D eigenvalue weighted by molar-refractivity contribution is -0.0466. The predicted molar refractivity (Wildman–Crippen MR) is 62.6 cm³/mol. The highest BCUT2D eigenvalue weighted by Crippen LogP contribution is 2.25. The standard InChI is InChI=1S/C12H17N3O2/c1-3-12(2)9-17-7-6-15(12)11(16)10-4-5-13-14-8-10/h4-5,8H,3,6-7,9H2,1-2H3. The van der Waals surface area contributed by atoms with E-state index in [4.69, 9.17) is 4.74 Å². The maximum absolute atomic E-state index is 12.4. The van der Waals surface area contributed by atoms with Crippen LogP contribution in [0, 0.1) is 0 Å².